The minimum Gasteiger partial charge on any atom is -0.508 e. The number of phenols is 1. The van der Waals surface area contributed by atoms with Crippen LogP contribution in [0.25, 0.3) is 16.7 Å². The summed E-state index contributed by atoms with van der Waals surface area (Å²) in [6.07, 6.45) is 5.64. The molecular weight excluding hydrogens is 422 g/mol. The maximum atomic E-state index is 14.0. The van der Waals surface area contributed by atoms with E-state index in [0.717, 1.165) is 40.7 Å². The predicted octanol–water partition coefficient (Wildman–Crippen LogP) is 5.99. The monoisotopic (exact) mass is 453 g/mol. The molecule has 0 saturated heterocycles. The molecule has 2 aromatic heterocycles. The van der Waals surface area contributed by atoms with Crippen molar-refractivity contribution in [3.8, 4) is 11.4 Å². The average Bonchev–Trinajstić information content (AvgIpc) is 3.19. The third kappa shape index (κ3) is 3.56. The number of nitrogens with two attached hydrogens (primary N) is 1. The molecular formula is C29H31N3O2. The average molecular weight is 454 g/mol. The summed E-state index contributed by atoms with van der Waals surface area (Å²) in [7, 11) is 0. The van der Waals surface area contributed by atoms with Gasteiger partial charge in [-0.2, -0.15) is 0 Å². The summed E-state index contributed by atoms with van der Waals surface area (Å²) in [5, 5.41) is 11.3. The number of fused-ring (bicyclic) bond motifs is 1. The quantitative estimate of drug-likeness (QED) is 0.372. The topological polar surface area (TPSA) is 81.1 Å². The van der Waals surface area contributed by atoms with E-state index < -0.39 is 5.41 Å². The first-order chi connectivity index (χ1) is 16.3. The lowest BCUT2D eigenvalue weighted by Crippen LogP contribution is -2.44. The van der Waals surface area contributed by atoms with Gasteiger partial charge < -0.3 is 15.4 Å². The van der Waals surface area contributed by atoms with Gasteiger partial charge >= 0.3 is 0 Å². The van der Waals surface area contributed by atoms with E-state index in [1.807, 2.05) is 42.5 Å². The normalized spacial score (nSPS) is 23.0. The van der Waals surface area contributed by atoms with Crippen molar-refractivity contribution < 1.29 is 9.90 Å². The Hall–Kier alpha value is -3.60. The van der Waals surface area contributed by atoms with Crippen LogP contribution < -0.4 is 5.73 Å². The fourth-order valence-corrected chi connectivity index (χ4v) is 5.84. The SMILES string of the molecule is CC(C)C1CCC(C)(c2cn(-c3cccc(N)c3)c3ncccc23)C(c2cccc(O)c2)C1=O. The minimum atomic E-state index is -0.455. The molecule has 4 aromatic rings. The zero-order chi connectivity index (χ0) is 24.0. The molecule has 3 unspecified atom stereocenters. The van der Waals surface area contributed by atoms with Gasteiger partial charge in [-0.15, -0.1) is 0 Å². The Bertz CT molecular complexity index is 1370. The van der Waals surface area contributed by atoms with Crippen molar-refractivity contribution in [2.75, 3.05) is 5.73 Å². The number of hydrogen-bond acceptors (Lipinski definition) is 4. The number of carbonyl (C=O) groups is 1. The molecule has 1 aliphatic rings. The van der Waals surface area contributed by atoms with Gasteiger partial charge in [0.2, 0.25) is 0 Å². The fourth-order valence-electron chi connectivity index (χ4n) is 5.84. The molecule has 5 rings (SSSR count). The second-order valence-corrected chi connectivity index (χ2v) is 10.1. The summed E-state index contributed by atoms with van der Waals surface area (Å²) in [6, 6.07) is 19.0. The summed E-state index contributed by atoms with van der Waals surface area (Å²) in [4.78, 5) is 18.7. The Labute approximate surface area is 200 Å². The van der Waals surface area contributed by atoms with E-state index in [1.165, 1.54) is 0 Å². The van der Waals surface area contributed by atoms with Crippen LogP contribution in [0.15, 0.2) is 73.1 Å². The van der Waals surface area contributed by atoms with Gasteiger partial charge in [0.15, 0.2) is 0 Å². The number of ketones is 1. The number of nitrogen functional groups attached to an aromatic ring is 1. The second-order valence-electron chi connectivity index (χ2n) is 10.1. The molecule has 1 fully saturated rings. The lowest BCUT2D eigenvalue weighted by molar-refractivity contribution is -0.130. The maximum absolute atomic E-state index is 14.0. The first-order valence-electron chi connectivity index (χ1n) is 11.9. The van der Waals surface area contributed by atoms with Crippen molar-refractivity contribution in [2.24, 2.45) is 11.8 Å². The number of anilines is 1. The number of Topliss-reactive ketones (excluding diaryl/α,β-unsaturated/α-hetero) is 1. The van der Waals surface area contributed by atoms with Gasteiger partial charge in [-0.3, -0.25) is 4.79 Å². The Morgan fingerprint density at radius 2 is 1.91 bits per heavy atom. The van der Waals surface area contributed by atoms with Crippen molar-refractivity contribution in [2.45, 2.75) is 44.9 Å². The molecule has 0 bridgehead atoms. The predicted molar refractivity (Wildman–Crippen MR) is 136 cm³/mol. The highest BCUT2D eigenvalue weighted by Gasteiger charge is 2.49. The number of aromatic nitrogens is 2. The van der Waals surface area contributed by atoms with E-state index in [2.05, 4.69) is 37.6 Å². The molecule has 3 N–H and O–H groups in total. The fraction of sp³-hybridized carbons (Fsp3) is 0.310. The molecule has 34 heavy (non-hydrogen) atoms. The molecule has 0 amide bonds. The maximum Gasteiger partial charge on any atom is 0.144 e. The molecule has 2 heterocycles. The van der Waals surface area contributed by atoms with Crippen molar-refractivity contribution in [1.82, 2.24) is 9.55 Å². The Balaban J connectivity index is 1.74. The third-order valence-electron chi connectivity index (χ3n) is 7.60. The molecule has 2 aromatic carbocycles. The molecule has 1 saturated carbocycles. The highest BCUT2D eigenvalue weighted by molar-refractivity contribution is 5.93. The van der Waals surface area contributed by atoms with E-state index in [1.54, 1.807) is 18.3 Å². The summed E-state index contributed by atoms with van der Waals surface area (Å²) in [6.45, 7) is 6.45. The summed E-state index contributed by atoms with van der Waals surface area (Å²) < 4.78 is 2.07. The van der Waals surface area contributed by atoms with Gasteiger partial charge in [-0.05, 0) is 72.4 Å². The molecule has 5 nitrogen and oxygen atoms in total. The van der Waals surface area contributed by atoms with Crippen LogP contribution in [0.2, 0.25) is 0 Å². The molecule has 0 spiro atoms. The smallest absolute Gasteiger partial charge is 0.144 e. The first kappa shape index (κ1) is 22.2. The van der Waals surface area contributed by atoms with Crippen LogP contribution in [-0.2, 0) is 10.2 Å². The van der Waals surface area contributed by atoms with Gasteiger partial charge in [0.05, 0.1) is 5.92 Å². The van der Waals surface area contributed by atoms with Crippen LogP contribution in [0.3, 0.4) is 0 Å². The molecule has 0 aliphatic heterocycles. The number of carbonyl (C=O) groups excluding carboxylic acids is 1. The number of phenolic OH excluding ortho intramolecular Hbond substituents is 1. The summed E-state index contributed by atoms with van der Waals surface area (Å²) in [5.74, 6) is 0.347. The highest BCUT2D eigenvalue weighted by atomic mass is 16.3. The van der Waals surface area contributed by atoms with Crippen molar-refractivity contribution in [3.05, 3.63) is 84.2 Å². The van der Waals surface area contributed by atoms with Gasteiger partial charge in [0, 0.05) is 40.5 Å². The summed E-state index contributed by atoms with van der Waals surface area (Å²) >= 11 is 0. The van der Waals surface area contributed by atoms with Crippen molar-refractivity contribution in [1.29, 1.82) is 0 Å². The number of hydrogen-bond donors (Lipinski definition) is 2. The van der Waals surface area contributed by atoms with E-state index in [4.69, 9.17) is 10.7 Å². The largest absolute Gasteiger partial charge is 0.508 e. The van der Waals surface area contributed by atoms with E-state index in [0.29, 0.717) is 5.69 Å². The lowest BCUT2D eigenvalue weighted by Gasteiger charge is -2.45. The Morgan fingerprint density at radius 3 is 2.65 bits per heavy atom. The highest BCUT2D eigenvalue weighted by Crippen LogP contribution is 2.52. The minimum absolute atomic E-state index is 0.000760. The zero-order valence-corrected chi connectivity index (χ0v) is 19.9. The van der Waals surface area contributed by atoms with Gasteiger partial charge in [-0.25, -0.2) is 4.98 Å². The Kier molecular flexibility index (Phi) is 5.43. The van der Waals surface area contributed by atoms with Crippen molar-refractivity contribution in [3.63, 3.8) is 0 Å². The molecule has 174 valence electrons. The van der Waals surface area contributed by atoms with Crippen LogP contribution in [0, 0.1) is 11.8 Å². The van der Waals surface area contributed by atoms with Crippen LogP contribution in [0.4, 0.5) is 5.69 Å². The van der Waals surface area contributed by atoms with Crippen molar-refractivity contribution >= 4 is 22.5 Å². The lowest BCUT2D eigenvalue weighted by atomic mass is 9.57. The third-order valence-corrected chi connectivity index (χ3v) is 7.60. The number of benzene rings is 2. The number of nitrogens with zero attached hydrogens (tertiary/aromatic N) is 2. The van der Waals surface area contributed by atoms with E-state index >= 15 is 0 Å². The molecule has 5 heteroatoms. The van der Waals surface area contributed by atoms with Gasteiger partial charge in [0.1, 0.15) is 17.2 Å². The van der Waals surface area contributed by atoms with Crippen LogP contribution in [0.5, 0.6) is 5.75 Å². The second kappa shape index (κ2) is 8.32. The Morgan fingerprint density at radius 1 is 1.12 bits per heavy atom. The van der Waals surface area contributed by atoms with Gasteiger partial charge in [-0.1, -0.05) is 39.0 Å². The van der Waals surface area contributed by atoms with E-state index in [-0.39, 0.29) is 29.3 Å². The first-order valence-corrected chi connectivity index (χ1v) is 11.9. The molecule has 1 aliphatic carbocycles. The number of aromatic hydroxyl groups is 1. The van der Waals surface area contributed by atoms with E-state index in [9.17, 15) is 9.90 Å². The standard InChI is InChI=1S/C29H31N3O2/c1-18(2)23-12-13-29(3,26(27(23)34)19-7-4-10-22(33)15-19)25-17-32(21-9-5-8-20(30)16-21)28-24(25)11-6-14-31-28/h4-11,14-18,23,26,33H,12-13,30H2,1-3H3. The molecule has 0 radical (unpaired) electrons. The van der Waals surface area contributed by atoms with Crippen LogP contribution in [0.1, 0.15) is 50.7 Å². The number of rotatable bonds is 4. The number of pyridine rings is 1. The van der Waals surface area contributed by atoms with Crippen LogP contribution in [-0.4, -0.2) is 20.4 Å². The zero-order valence-electron chi connectivity index (χ0n) is 19.9. The van der Waals surface area contributed by atoms with Crippen LogP contribution >= 0.6 is 0 Å². The van der Waals surface area contributed by atoms with Gasteiger partial charge in [0.25, 0.3) is 0 Å². The molecule has 3 atom stereocenters. The summed E-state index contributed by atoms with van der Waals surface area (Å²) in [5.41, 5.74) is 10.1.